The summed E-state index contributed by atoms with van der Waals surface area (Å²) in [5.41, 5.74) is 6.33. The van der Waals surface area contributed by atoms with Crippen molar-refractivity contribution in [2.75, 3.05) is 40.0 Å². The van der Waals surface area contributed by atoms with Crippen LogP contribution in [0.5, 0.6) is 0 Å². The molecule has 0 saturated carbocycles. The highest BCUT2D eigenvalue weighted by molar-refractivity contribution is 4.90. The van der Waals surface area contributed by atoms with Gasteiger partial charge in [0, 0.05) is 45.0 Å². The minimum Gasteiger partial charge on any atom is -0.383 e. The summed E-state index contributed by atoms with van der Waals surface area (Å²) < 4.78 is 10.5. The maximum atomic E-state index is 6.41. The van der Waals surface area contributed by atoms with Gasteiger partial charge in [-0.05, 0) is 26.7 Å². The van der Waals surface area contributed by atoms with Crippen molar-refractivity contribution in [2.45, 2.75) is 38.3 Å². The first-order valence-corrected chi connectivity index (χ1v) is 6.17. The maximum Gasteiger partial charge on any atom is 0.0589 e. The molecular formula is C12H26N2O2. The third kappa shape index (κ3) is 4.37. The molecule has 0 amide bonds. The molecular weight excluding hydrogens is 204 g/mol. The van der Waals surface area contributed by atoms with Crippen LogP contribution in [0.3, 0.4) is 0 Å². The van der Waals surface area contributed by atoms with E-state index in [0.717, 1.165) is 45.8 Å². The molecule has 4 heteroatoms. The first-order valence-electron chi connectivity index (χ1n) is 6.17. The Morgan fingerprint density at radius 2 is 2.00 bits per heavy atom. The number of hydrogen-bond donors (Lipinski definition) is 1. The molecule has 1 heterocycles. The highest BCUT2D eigenvalue weighted by Gasteiger charge is 2.30. The van der Waals surface area contributed by atoms with Gasteiger partial charge in [-0.15, -0.1) is 0 Å². The Morgan fingerprint density at radius 1 is 1.38 bits per heavy atom. The summed E-state index contributed by atoms with van der Waals surface area (Å²) in [5.74, 6) is 0. The molecule has 4 nitrogen and oxygen atoms in total. The van der Waals surface area contributed by atoms with Crippen LogP contribution in [0, 0.1) is 0 Å². The average Bonchev–Trinajstić information content (AvgIpc) is 2.25. The highest BCUT2D eigenvalue weighted by atomic mass is 16.5. The van der Waals surface area contributed by atoms with Crippen molar-refractivity contribution >= 4 is 0 Å². The first kappa shape index (κ1) is 13.9. The Labute approximate surface area is 99.1 Å². The van der Waals surface area contributed by atoms with Crippen LogP contribution in [0.25, 0.3) is 0 Å². The van der Waals surface area contributed by atoms with Crippen molar-refractivity contribution in [3.63, 3.8) is 0 Å². The summed E-state index contributed by atoms with van der Waals surface area (Å²) in [4.78, 5) is 2.40. The lowest BCUT2D eigenvalue weighted by atomic mass is 9.90. The Hall–Kier alpha value is -0.160. The number of nitrogens with two attached hydrogens (primary N) is 1. The smallest absolute Gasteiger partial charge is 0.0589 e. The van der Waals surface area contributed by atoms with Crippen LogP contribution >= 0.6 is 0 Å². The van der Waals surface area contributed by atoms with E-state index in [1.165, 1.54) is 0 Å². The van der Waals surface area contributed by atoms with E-state index < -0.39 is 0 Å². The molecule has 0 unspecified atom stereocenters. The van der Waals surface area contributed by atoms with E-state index in [1.54, 1.807) is 7.11 Å². The lowest BCUT2D eigenvalue weighted by Crippen LogP contribution is -2.55. The van der Waals surface area contributed by atoms with Gasteiger partial charge in [-0.25, -0.2) is 0 Å². The number of ether oxygens (including phenoxy) is 2. The number of rotatable bonds is 6. The zero-order valence-corrected chi connectivity index (χ0v) is 10.9. The predicted molar refractivity (Wildman–Crippen MR) is 65.6 cm³/mol. The van der Waals surface area contributed by atoms with Gasteiger partial charge in [0.2, 0.25) is 0 Å². The largest absolute Gasteiger partial charge is 0.383 e. The van der Waals surface area contributed by atoms with E-state index in [-0.39, 0.29) is 5.54 Å². The fourth-order valence-electron chi connectivity index (χ4n) is 2.07. The summed E-state index contributed by atoms with van der Waals surface area (Å²) in [5, 5.41) is 0. The molecule has 0 spiro atoms. The number of methoxy groups -OCH3 is 1. The standard InChI is InChI=1S/C12H26N2O2/c1-11(2)14(6-9-15-3)10-12(13)4-7-16-8-5-12/h11H,4-10,13H2,1-3H3. The van der Waals surface area contributed by atoms with E-state index in [1.807, 2.05) is 0 Å². The first-order chi connectivity index (χ1) is 7.57. The minimum absolute atomic E-state index is 0.0732. The van der Waals surface area contributed by atoms with E-state index in [2.05, 4.69) is 18.7 Å². The predicted octanol–water partition coefficient (Wildman–Crippen LogP) is 0.851. The summed E-state index contributed by atoms with van der Waals surface area (Å²) in [6.45, 7) is 8.67. The molecule has 0 aromatic heterocycles. The van der Waals surface area contributed by atoms with Crippen molar-refractivity contribution in [2.24, 2.45) is 5.73 Å². The van der Waals surface area contributed by atoms with Gasteiger partial charge < -0.3 is 15.2 Å². The molecule has 2 N–H and O–H groups in total. The molecule has 1 aliphatic heterocycles. The molecule has 1 saturated heterocycles. The lowest BCUT2D eigenvalue weighted by Gasteiger charge is -2.39. The van der Waals surface area contributed by atoms with Gasteiger partial charge >= 0.3 is 0 Å². The lowest BCUT2D eigenvalue weighted by molar-refractivity contribution is 0.0274. The van der Waals surface area contributed by atoms with Crippen molar-refractivity contribution in [3.05, 3.63) is 0 Å². The van der Waals surface area contributed by atoms with Crippen LogP contribution in [-0.2, 0) is 9.47 Å². The van der Waals surface area contributed by atoms with Crippen LogP contribution < -0.4 is 5.73 Å². The molecule has 1 rings (SSSR count). The second-order valence-electron chi connectivity index (χ2n) is 5.03. The Morgan fingerprint density at radius 3 is 2.50 bits per heavy atom. The molecule has 0 radical (unpaired) electrons. The SMILES string of the molecule is COCCN(CC1(N)CCOCC1)C(C)C. The summed E-state index contributed by atoms with van der Waals surface area (Å²) in [6, 6.07) is 0.512. The average molecular weight is 230 g/mol. The molecule has 1 aliphatic rings. The zero-order valence-electron chi connectivity index (χ0n) is 10.9. The molecule has 0 aliphatic carbocycles. The minimum atomic E-state index is -0.0732. The molecule has 0 atom stereocenters. The Balaban J connectivity index is 2.45. The van der Waals surface area contributed by atoms with Gasteiger partial charge in [0.25, 0.3) is 0 Å². The topological polar surface area (TPSA) is 47.7 Å². The molecule has 0 aromatic rings. The second kappa shape index (κ2) is 6.55. The Kier molecular flexibility index (Phi) is 5.69. The van der Waals surface area contributed by atoms with Gasteiger partial charge in [0.1, 0.15) is 0 Å². The summed E-state index contributed by atoms with van der Waals surface area (Å²) in [7, 11) is 1.74. The summed E-state index contributed by atoms with van der Waals surface area (Å²) >= 11 is 0. The van der Waals surface area contributed by atoms with Crippen LogP contribution in [0.15, 0.2) is 0 Å². The number of hydrogen-bond acceptors (Lipinski definition) is 4. The molecule has 0 aromatic carbocycles. The molecule has 96 valence electrons. The van der Waals surface area contributed by atoms with Crippen molar-refractivity contribution in [3.8, 4) is 0 Å². The normalized spacial score (nSPS) is 20.6. The van der Waals surface area contributed by atoms with Crippen molar-refractivity contribution in [1.82, 2.24) is 4.90 Å². The van der Waals surface area contributed by atoms with Gasteiger partial charge in [-0.1, -0.05) is 0 Å². The van der Waals surface area contributed by atoms with E-state index in [9.17, 15) is 0 Å². The third-order valence-electron chi connectivity index (χ3n) is 3.32. The zero-order chi connectivity index (χ0) is 12.0. The van der Waals surface area contributed by atoms with Crippen LogP contribution in [0.4, 0.5) is 0 Å². The van der Waals surface area contributed by atoms with Gasteiger partial charge in [0.05, 0.1) is 6.61 Å². The van der Waals surface area contributed by atoms with E-state index in [0.29, 0.717) is 6.04 Å². The Bertz CT molecular complexity index is 191. The monoisotopic (exact) mass is 230 g/mol. The molecule has 1 fully saturated rings. The quantitative estimate of drug-likeness (QED) is 0.735. The maximum absolute atomic E-state index is 6.41. The van der Waals surface area contributed by atoms with Gasteiger partial charge in [-0.3, -0.25) is 4.90 Å². The fraction of sp³-hybridized carbons (Fsp3) is 1.00. The van der Waals surface area contributed by atoms with Crippen molar-refractivity contribution < 1.29 is 9.47 Å². The molecule has 16 heavy (non-hydrogen) atoms. The third-order valence-corrected chi connectivity index (χ3v) is 3.32. The van der Waals surface area contributed by atoms with Crippen LogP contribution in [0.2, 0.25) is 0 Å². The van der Waals surface area contributed by atoms with Crippen LogP contribution in [0.1, 0.15) is 26.7 Å². The highest BCUT2D eigenvalue weighted by Crippen LogP contribution is 2.19. The fourth-order valence-corrected chi connectivity index (χ4v) is 2.07. The summed E-state index contributed by atoms with van der Waals surface area (Å²) in [6.07, 6.45) is 1.92. The van der Waals surface area contributed by atoms with E-state index >= 15 is 0 Å². The number of nitrogens with zero attached hydrogens (tertiary/aromatic N) is 1. The van der Waals surface area contributed by atoms with Gasteiger partial charge in [0.15, 0.2) is 0 Å². The van der Waals surface area contributed by atoms with E-state index in [4.69, 9.17) is 15.2 Å². The molecule has 0 bridgehead atoms. The second-order valence-corrected chi connectivity index (χ2v) is 5.03. The van der Waals surface area contributed by atoms with Gasteiger partial charge in [-0.2, -0.15) is 0 Å². The van der Waals surface area contributed by atoms with Crippen LogP contribution in [-0.4, -0.2) is 56.5 Å². The van der Waals surface area contributed by atoms with Crippen molar-refractivity contribution in [1.29, 1.82) is 0 Å².